The first kappa shape index (κ1) is 19.8. The van der Waals surface area contributed by atoms with Crippen LogP contribution in [0.3, 0.4) is 0 Å². The molecule has 2 amide bonds. The van der Waals surface area contributed by atoms with Gasteiger partial charge in [0, 0.05) is 11.3 Å². The number of hydrogen-bond donors (Lipinski definition) is 2. The molecule has 0 bridgehead atoms. The molecule has 0 aliphatic heterocycles. The normalized spacial score (nSPS) is 10.5. The third kappa shape index (κ3) is 5.77. The molecule has 2 N–H and O–H groups in total. The van der Waals surface area contributed by atoms with E-state index in [1.165, 1.54) is 6.21 Å². The Morgan fingerprint density at radius 2 is 1.59 bits per heavy atom. The first-order chi connectivity index (χ1) is 14.1. The minimum atomic E-state index is -0.854. The number of carbonyl (C=O) groups excluding carboxylic acids is 2. The summed E-state index contributed by atoms with van der Waals surface area (Å²) in [5.74, 6) is -1.02. The molecule has 146 valence electrons. The monoisotopic (exact) mass is 387 g/mol. The van der Waals surface area contributed by atoms with Crippen molar-refractivity contribution in [3.8, 4) is 5.75 Å². The van der Waals surface area contributed by atoms with Crippen LogP contribution in [0.15, 0.2) is 84.0 Å². The summed E-state index contributed by atoms with van der Waals surface area (Å²) in [6.45, 7) is 2.26. The van der Waals surface area contributed by atoms with Crippen molar-refractivity contribution in [1.82, 2.24) is 5.43 Å². The zero-order chi connectivity index (χ0) is 20.5. The SMILES string of the molecule is Cc1ccccc1NC(=O)C(=O)N/N=C/c1ccccc1OCc1ccccc1. The Bertz CT molecular complexity index is 1020. The molecule has 0 radical (unpaired) electrons. The zero-order valence-electron chi connectivity index (χ0n) is 16.0. The van der Waals surface area contributed by atoms with Crippen molar-refractivity contribution in [3.05, 3.63) is 95.6 Å². The molecule has 0 fully saturated rings. The lowest BCUT2D eigenvalue weighted by Gasteiger charge is -2.09. The number of rotatable bonds is 6. The van der Waals surface area contributed by atoms with Gasteiger partial charge in [0.05, 0.1) is 6.21 Å². The van der Waals surface area contributed by atoms with Crippen LogP contribution in [0.5, 0.6) is 5.75 Å². The second-order valence-electron chi connectivity index (χ2n) is 6.28. The number of hydrazone groups is 1. The summed E-state index contributed by atoms with van der Waals surface area (Å²) in [4.78, 5) is 24.0. The van der Waals surface area contributed by atoms with Gasteiger partial charge in [-0.05, 0) is 36.2 Å². The van der Waals surface area contributed by atoms with E-state index in [-0.39, 0.29) is 0 Å². The van der Waals surface area contributed by atoms with E-state index in [1.54, 1.807) is 12.1 Å². The molecular weight excluding hydrogens is 366 g/mol. The van der Waals surface area contributed by atoms with Gasteiger partial charge < -0.3 is 10.1 Å². The molecule has 0 aliphatic rings. The van der Waals surface area contributed by atoms with Gasteiger partial charge in [-0.15, -0.1) is 0 Å². The number of ether oxygens (including phenoxy) is 1. The molecule has 0 atom stereocenters. The van der Waals surface area contributed by atoms with Gasteiger partial charge in [0.15, 0.2) is 0 Å². The second-order valence-corrected chi connectivity index (χ2v) is 6.28. The second kappa shape index (κ2) is 9.85. The van der Waals surface area contributed by atoms with E-state index in [1.807, 2.05) is 73.7 Å². The average Bonchev–Trinajstić information content (AvgIpc) is 2.75. The third-order valence-electron chi connectivity index (χ3n) is 4.13. The molecule has 0 heterocycles. The summed E-state index contributed by atoms with van der Waals surface area (Å²) in [6, 6.07) is 24.3. The van der Waals surface area contributed by atoms with Crippen LogP contribution in [-0.2, 0) is 16.2 Å². The highest BCUT2D eigenvalue weighted by Crippen LogP contribution is 2.17. The molecule has 0 unspecified atom stereocenters. The maximum absolute atomic E-state index is 12.0. The predicted molar refractivity (Wildman–Crippen MR) is 113 cm³/mol. The van der Waals surface area contributed by atoms with Crippen molar-refractivity contribution in [2.45, 2.75) is 13.5 Å². The highest BCUT2D eigenvalue weighted by Gasteiger charge is 2.13. The number of amides is 2. The van der Waals surface area contributed by atoms with Crippen LogP contribution in [0, 0.1) is 6.92 Å². The summed E-state index contributed by atoms with van der Waals surface area (Å²) in [6.07, 6.45) is 1.44. The van der Waals surface area contributed by atoms with Crippen LogP contribution in [0.2, 0.25) is 0 Å². The van der Waals surface area contributed by atoms with Crippen LogP contribution in [-0.4, -0.2) is 18.0 Å². The van der Waals surface area contributed by atoms with E-state index in [0.29, 0.717) is 23.6 Å². The Labute approximate surface area is 169 Å². The summed E-state index contributed by atoms with van der Waals surface area (Å²) in [7, 11) is 0. The van der Waals surface area contributed by atoms with Gasteiger partial charge in [-0.1, -0.05) is 60.7 Å². The van der Waals surface area contributed by atoms with Crippen molar-refractivity contribution in [2.24, 2.45) is 5.10 Å². The number of nitrogens with zero attached hydrogens (tertiary/aromatic N) is 1. The first-order valence-electron chi connectivity index (χ1n) is 9.09. The largest absolute Gasteiger partial charge is 0.488 e. The molecule has 6 heteroatoms. The molecule has 3 rings (SSSR count). The fraction of sp³-hybridized carbons (Fsp3) is 0.0870. The van der Waals surface area contributed by atoms with Gasteiger partial charge in [-0.3, -0.25) is 9.59 Å². The van der Waals surface area contributed by atoms with Crippen LogP contribution in [0.1, 0.15) is 16.7 Å². The maximum atomic E-state index is 12.0. The van der Waals surface area contributed by atoms with Crippen molar-refractivity contribution >= 4 is 23.7 Å². The number of para-hydroxylation sites is 2. The standard InChI is InChI=1S/C23H21N3O3/c1-17-9-5-7-13-20(17)25-22(27)23(28)26-24-15-19-12-6-8-14-21(19)29-16-18-10-3-2-4-11-18/h2-15H,16H2,1H3,(H,25,27)(H,26,28)/b24-15+. The topological polar surface area (TPSA) is 79.8 Å². The molecule has 6 nitrogen and oxygen atoms in total. The Kier molecular flexibility index (Phi) is 6.73. The molecule has 0 spiro atoms. The molecule has 3 aromatic carbocycles. The van der Waals surface area contributed by atoms with Crippen molar-refractivity contribution in [2.75, 3.05) is 5.32 Å². The van der Waals surface area contributed by atoms with Crippen LogP contribution < -0.4 is 15.5 Å². The number of aryl methyl sites for hydroxylation is 1. The first-order valence-corrected chi connectivity index (χ1v) is 9.09. The minimum absolute atomic E-state index is 0.414. The van der Waals surface area contributed by atoms with E-state index in [4.69, 9.17) is 4.74 Å². The molecule has 0 saturated carbocycles. The maximum Gasteiger partial charge on any atom is 0.329 e. The Morgan fingerprint density at radius 1 is 0.897 bits per heavy atom. The Balaban J connectivity index is 1.58. The zero-order valence-corrected chi connectivity index (χ0v) is 16.0. The molecule has 0 aromatic heterocycles. The van der Waals surface area contributed by atoms with Crippen molar-refractivity contribution < 1.29 is 14.3 Å². The van der Waals surface area contributed by atoms with Gasteiger partial charge in [-0.2, -0.15) is 5.10 Å². The van der Waals surface area contributed by atoms with Gasteiger partial charge in [0.2, 0.25) is 0 Å². The van der Waals surface area contributed by atoms with Crippen LogP contribution in [0.4, 0.5) is 5.69 Å². The van der Waals surface area contributed by atoms with Gasteiger partial charge in [0.25, 0.3) is 0 Å². The number of nitrogens with one attached hydrogen (secondary N) is 2. The van der Waals surface area contributed by atoms with Crippen LogP contribution in [0.25, 0.3) is 0 Å². The molecule has 0 saturated heterocycles. The van der Waals surface area contributed by atoms with E-state index >= 15 is 0 Å². The van der Waals surface area contributed by atoms with Crippen molar-refractivity contribution in [3.63, 3.8) is 0 Å². The fourth-order valence-electron chi connectivity index (χ4n) is 2.56. The summed E-state index contributed by atoms with van der Waals surface area (Å²) in [5.41, 5.74) is 5.40. The van der Waals surface area contributed by atoms with E-state index in [2.05, 4.69) is 15.8 Å². The van der Waals surface area contributed by atoms with Crippen molar-refractivity contribution in [1.29, 1.82) is 0 Å². The quantitative estimate of drug-likeness (QED) is 0.385. The third-order valence-corrected chi connectivity index (χ3v) is 4.13. The van der Waals surface area contributed by atoms with E-state index < -0.39 is 11.8 Å². The summed E-state index contributed by atoms with van der Waals surface area (Å²) in [5, 5.41) is 6.44. The Morgan fingerprint density at radius 3 is 2.38 bits per heavy atom. The number of benzene rings is 3. The lowest BCUT2D eigenvalue weighted by atomic mass is 10.2. The Hall–Kier alpha value is -3.93. The molecule has 0 aliphatic carbocycles. The fourth-order valence-corrected chi connectivity index (χ4v) is 2.56. The summed E-state index contributed by atoms with van der Waals surface area (Å²) >= 11 is 0. The number of hydrogen-bond acceptors (Lipinski definition) is 4. The molecule has 3 aromatic rings. The summed E-state index contributed by atoms with van der Waals surface area (Å²) < 4.78 is 5.84. The highest BCUT2D eigenvalue weighted by atomic mass is 16.5. The van der Waals surface area contributed by atoms with E-state index in [9.17, 15) is 9.59 Å². The van der Waals surface area contributed by atoms with Crippen LogP contribution >= 0.6 is 0 Å². The van der Waals surface area contributed by atoms with E-state index in [0.717, 1.165) is 11.1 Å². The minimum Gasteiger partial charge on any atom is -0.488 e. The number of anilines is 1. The van der Waals surface area contributed by atoms with Gasteiger partial charge >= 0.3 is 11.8 Å². The predicted octanol–water partition coefficient (Wildman–Crippen LogP) is 3.66. The lowest BCUT2D eigenvalue weighted by Crippen LogP contribution is -2.32. The number of carbonyl (C=O) groups is 2. The lowest BCUT2D eigenvalue weighted by molar-refractivity contribution is -0.136. The molecular formula is C23H21N3O3. The van der Waals surface area contributed by atoms with Gasteiger partial charge in [-0.25, -0.2) is 5.43 Å². The highest BCUT2D eigenvalue weighted by molar-refractivity contribution is 6.39. The van der Waals surface area contributed by atoms with Gasteiger partial charge in [0.1, 0.15) is 12.4 Å². The molecule has 29 heavy (non-hydrogen) atoms. The smallest absolute Gasteiger partial charge is 0.329 e. The average molecular weight is 387 g/mol.